The molecular formula is C17H22O. The summed E-state index contributed by atoms with van der Waals surface area (Å²) in [6.45, 7) is 4.53. The summed E-state index contributed by atoms with van der Waals surface area (Å²) in [5.74, 6) is 1.14. The Bertz CT molecular complexity index is 406. The molecule has 0 aliphatic rings. The Labute approximate surface area is 110 Å². The molecule has 0 radical (unpaired) electrons. The topological polar surface area (TPSA) is 20.2 Å². The molecule has 0 atom stereocenters. The fraction of sp³-hybridized carbons (Fsp3) is 0.294. The molecule has 0 heterocycles. The first kappa shape index (κ1) is 14.3. The first-order valence-corrected chi connectivity index (χ1v) is 6.46. The Morgan fingerprint density at radius 1 is 0.833 bits per heavy atom. The van der Waals surface area contributed by atoms with E-state index in [1.807, 2.05) is 6.07 Å². The smallest absolute Gasteiger partial charge is 0.115 e. The van der Waals surface area contributed by atoms with Gasteiger partial charge in [-0.15, -0.1) is 0 Å². The third kappa shape index (κ3) is 6.74. The molecule has 0 saturated heterocycles. The summed E-state index contributed by atoms with van der Waals surface area (Å²) in [6.07, 6.45) is 2.52. The molecule has 2 aromatic carbocycles. The van der Waals surface area contributed by atoms with Crippen LogP contribution in [0.2, 0.25) is 0 Å². The zero-order valence-electron chi connectivity index (χ0n) is 11.2. The van der Waals surface area contributed by atoms with Crippen molar-refractivity contribution >= 4 is 0 Å². The van der Waals surface area contributed by atoms with E-state index in [0.717, 1.165) is 5.92 Å². The Morgan fingerprint density at radius 2 is 1.33 bits per heavy atom. The molecule has 0 unspecified atom stereocenters. The highest BCUT2D eigenvalue weighted by Gasteiger charge is 1.94. The molecule has 96 valence electrons. The van der Waals surface area contributed by atoms with Crippen LogP contribution in [0.1, 0.15) is 25.8 Å². The molecule has 0 aliphatic heterocycles. The highest BCUT2D eigenvalue weighted by Crippen LogP contribution is 2.07. The third-order valence-electron chi connectivity index (χ3n) is 2.61. The minimum Gasteiger partial charge on any atom is -0.508 e. The minimum atomic E-state index is 0.322. The second-order valence-electron chi connectivity index (χ2n) is 4.75. The Balaban J connectivity index is 0.000000199. The summed E-state index contributed by atoms with van der Waals surface area (Å²) in [7, 11) is 0. The number of para-hydroxylation sites is 1. The van der Waals surface area contributed by atoms with Gasteiger partial charge in [-0.25, -0.2) is 0 Å². The first-order chi connectivity index (χ1) is 8.68. The molecular weight excluding hydrogens is 220 g/mol. The quantitative estimate of drug-likeness (QED) is 0.829. The van der Waals surface area contributed by atoms with Gasteiger partial charge in [-0.1, -0.05) is 62.4 Å². The molecule has 0 aromatic heterocycles. The van der Waals surface area contributed by atoms with E-state index >= 15 is 0 Å². The summed E-state index contributed by atoms with van der Waals surface area (Å²) in [4.78, 5) is 0. The van der Waals surface area contributed by atoms with E-state index in [-0.39, 0.29) is 0 Å². The van der Waals surface area contributed by atoms with Crippen molar-refractivity contribution < 1.29 is 5.11 Å². The summed E-state index contributed by atoms with van der Waals surface area (Å²) in [5.41, 5.74) is 1.46. The monoisotopic (exact) mass is 242 g/mol. The molecule has 0 amide bonds. The number of aromatic hydroxyl groups is 1. The molecule has 2 aromatic rings. The van der Waals surface area contributed by atoms with Gasteiger partial charge >= 0.3 is 0 Å². The van der Waals surface area contributed by atoms with E-state index in [2.05, 4.69) is 44.2 Å². The second kappa shape index (κ2) is 8.35. The van der Waals surface area contributed by atoms with Crippen molar-refractivity contribution in [3.63, 3.8) is 0 Å². The van der Waals surface area contributed by atoms with Gasteiger partial charge in [-0.2, -0.15) is 0 Å². The average Bonchev–Trinajstić information content (AvgIpc) is 2.39. The minimum absolute atomic E-state index is 0.322. The van der Waals surface area contributed by atoms with Gasteiger partial charge in [0.1, 0.15) is 5.75 Å². The van der Waals surface area contributed by atoms with Crippen LogP contribution in [-0.4, -0.2) is 5.11 Å². The van der Waals surface area contributed by atoms with Crippen LogP contribution in [0.4, 0.5) is 0 Å². The van der Waals surface area contributed by atoms with E-state index in [4.69, 9.17) is 5.11 Å². The number of phenols is 1. The molecule has 0 saturated carbocycles. The number of rotatable bonds is 3. The molecule has 2 rings (SSSR count). The number of benzene rings is 2. The molecule has 1 nitrogen and oxygen atoms in total. The average molecular weight is 242 g/mol. The Morgan fingerprint density at radius 3 is 1.72 bits per heavy atom. The highest BCUT2D eigenvalue weighted by molar-refractivity contribution is 5.18. The van der Waals surface area contributed by atoms with Crippen LogP contribution in [0.5, 0.6) is 5.75 Å². The van der Waals surface area contributed by atoms with Crippen molar-refractivity contribution in [1.82, 2.24) is 0 Å². The van der Waals surface area contributed by atoms with Crippen molar-refractivity contribution in [2.45, 2.75) is 26.7 Å². The summed E-state index contributed by atoms with van der Waals surface area (Å²) < 4.78 is 0. The zero-order valence-corrected chi connectivity index (χ0v) is 11.2. The maximum atomic E-state index is 8.63. The van der Waals surface area contributed by atoms with Gasteiger partial charge in [0.15, 0.2) is 0 Å². The lowest BCUT2D eigenvalue weighted by Gasteiger charge is -2.03. The summed E-state index contributed by atoms with van der Waals surface area (Å²) in [6, 6.07) is 19.4. The van der Waals surface area contributed by atoms with Crippen LogP contribution in [0.3, 0.4) is 0 Å². The number of aryl methyl sites for hydroxylation is 1. The molecule has 18 heavy (non-hydrogen) atoms. The van der Waals surface area contributed by atoms with Crippen molar-refractivity contribution in [1.29, 1.82) is 0 Å². The largest absolute Gasteiger partial charge is 0.508 e. The van der Waals surface area contributed by atoms with Gasteiger partial charge in [0, 0.05) is 0 Å². The number of phenolic OH excluding ortho intramolecular Hbond substituents is 1. The molecule has 0 aliphatic carbocycles. The summed E-state index contributed by atoms with van der Waals surface area (Å²) >= 11 is 0. The van der Waals surface area contributed by atoms with Gasteiger partial charge < -0.3 is 5.11 Å². The standard InChI is InChI=1S/C11H16.C6H6O/c1-10(2)8-9-11-6-4-3-5-7-11;7-6-4-2-1-3-5-6/h3-7,10H,8-9H2,1-2H3;1-5,7H. The van der Waals surface area contributed by atoms with Crippen molar-refractivity contribution in [2.24, 2.45) is 5.92 Å². The zero-order chi connectivity index (χ0) is 13.2. The predicted octanol–water partition coefficient (Wildman–Crippen LogP) is 4.67. The first-order valence-electron chi connectivity index (χ1n) is 6.46. The van der Waals surface area contributed by atoms with Crippen molar-refractivity contribution in [3.05, 3.63) is 66.2 Å². The van der Waals surface area contributed by atoms with E-state index < -0.39 is 0 Å². The van der Waals surface area contributed by atoms with Gasteiger partial charge in [-0.3, -0.25) is 0 Å². The third-order valence-corrected chi connectivity index (χ3v) is 2.61. The summed E-state index contributed by atoms with van der Waals surface area (Å²) in [5, 5.41) is 8.63. The number of hydrogen-bond acceptors (Lipinski definition) is 1. The Kier molecular flexibility index (Phi) is 6.63. The van der Waals surface area contributed by atoms with Gasteiger partial charge in [0.05, 0.1) is 0 Å². The molecule has 0 fully saturated rings. The normalized spacial score (nSPS) is 9.72. The fourth-order valence-corrected chi connectivity index (χ4v) is 1.53. The van der Waals surface area contributed by atoms with E-state index in [1.54, 1.807) is 24.3 Å². The van der Waals surface area contributed by atoms with E-state index in [9.17, 15) is 0 Å². The van der Waals surface area contributed by atoms with E-state index in [1.165, 1.54) is 18.4 Å². The fourth-order valence-electron chi connectivity index (χ4n) is 1.53. The van der Waals surface area contributed by atoms with Gasteiger partial charge in [0.25, 0.3) is 0 Å². The van der Waals surface area contributed by atoms with Crippen LogP contribution in [-0.2, 0) is 6.42 Å². The van der Waals surface area contributed by atoms with Crippen molar-refractivity contribution in [3.8, 4) is 5.75 Å². The van der Waals surface area contributed by atoms with Crippen molar-refractivity contribution in [2.75, 3.05) is 0 Å². The molecule has 1 heteroatoms. The van der Waals surface area contributed by atoms with Gasteiger partial charge in [-0.05, 0) is 36.5 Å². The van der Waals surface area contributed by atoms with Crippen LogP contribution < -0.4 is 0 Å². The molecule has 1 N–H and O–H groups in total. The predicted molar refractivity (Wildman–Crippen MR) is 77.7 cm³/mol. The second-order valence-corrected chi connectivity index (χ2v) is 4.75. The lowest BCUT2D eigenvalue weighted by Crippen LogP contribution is -1.91. The number of hydrogen-bond donors (Lipinski definition) is 1. The molecule has 0 spiro atoms. The Hall–Kier alpha value is -1.76. The van der Waals surface area contributed by atoms with Crippen LogP contribution >= 0.6 is 0 Å². The molecule has 0 bridgehead atoms. The van der Waals surface area contributed by atoms with Gasteiger partial charge in [0.2, 0.25) is 0 Å². The highest BCUT2D eigenvalue weighted by atomic mass is 16.3. The van der Waals surface area contributed by atoms with Crippen LogP contribution in [0.25, 0.3) is 0 Å². The lowest BCUT2D eigenvalue weighted by atomic mass is 10.0. The van der Waals surface area contributed by atoms with Crippen LogP contribution in [0.15, 0.2) is 60.7 Å². The maximum absolute atomic E-state index is 8.63. The SMILES string of the molecule is CC(C)CCc1ccccc1.Oc1ccccc1. The van der Waals surface area contributed by atoms with Crippen LogP contribution in [0, 0.1) is 5.92 Å². The maximum Gasteiger partial charge on any atom is 0.115 e. The van der Waals surface area contributed by atoms with E-state index in [0.29, 0.717) is 5.75 Å². The lowest BCUT2D eigenvalue weighted by molar-refractivity contribution is 0.475.